The van der Waals surface area contributed by atoms with Crippen molar-refractivity contribution in [1.29, 1.82) is 0 Å². The normalized spacial score (nSPS) is 23.6. The van der Waals surface area contributed by atoms with E-state index in [9.17, 15) is 4.79 Å². The molecule has 3 fully saturated rings. The maximum Gasteiger partial charge on any atom is 0.225 e. The van der Waals surface area contributed by atoms with E-state index in [4.69, 9.17) is 9.73 Å². The van der Waals surface area contributed by atoms with E-state index in [-0.39, 0.29) is 5.92 Å². The zero-order valence-electron chi connectivity index (χ0n) is 18.5. The van der Waals surface area contributed by atoms with Crippen LogP contribution in [-0.4, -0.2) is 86.7 Å². The van der Waals surface area contributed by atoms with Crippen molar-refractivity contribution < 1.29 is 9.53 Å². The van der Waals surface area contributed by atoms with E-state index in [2.05, 4.69) is 27.4 Å². The van der Waals surface area contributed by atoms with Crippen molar-refractivity contribution in [1.82, 2.24) is 20.4 Å². The average Bonchev–Trinajstić information content (AvgIpc) is 3.49. The number of ether oxygens (including phenoxy) is 1. The molecule has 0 radical (unpaired) electrons. The Hall–Kier alpha value is -1.34. The first kappa shape index (κ1) is 22.3. The van der Waals surface area contributed by atoms with Gasteiger partial charge >= 0.3 is 0 Å². The Kier molecular flexibility index (Phi) is 9.05. The molecule has 1 amide bonds. The van der Waals surface area contributed by atoms with Gasteiger partial charge in [-0.15, -0.1) is 0 Å². The number of rotatable bonds is 10. The molecule has 1 unspecified atom stereocenters. The van der Waals surface area contributed by atoms with E-state index in [0.717, 1.165) is 77.1 Å². The summed E-state index contributed by atoms with van der Waals surface area (Å²) >= 11 is 0. The predicted molar refractivity (Wildman–Crippen MR) is 117 cm³/mol. The predicted octanol–water partition coefficient (Wildman–Crippen LogP) is 1.83. The first-order valence-corrected chi connectivity index (χ1v) is 11.8. The van der Waals surface area contributed by atoms with Gasteiger partial charge in [0, 0.05) is 57.8 Å². The monoisotopic (exact) mass is 407 g/mol. The number of hydrogen-bond donors (Lipinski definition) is 2. The van der Waals surface area contributed by atoms with Gasteiger partial charge in [-0.05, 0) is 39.0 Å². The van der Waals surface area contributed by atoms with Crippen LogP contribution in [0.25, 0.3) is 0 Å². The van der Waals surface area contributed by atoms with Gasteiger partial charge in [0.15, 0.2) is 5.96 Å². The number of likely N-dealkylation sites (tertiary alicyclic amines) is 1. The highest BCUT2D eigenvalue weighted by Gasteiger charge is 2.32. The minimum absolute atomic E-state index is 0.268. The van der Waals surface area contributed by atoms with Crippen LogP contribution in [0.3, 0.4) is 0 Å². The van der Waals surface area contributed by atoms with Crippen LogP contribution in [0.1, 0.15) is 58.3 Å². The van der Waals surface area contributed by atoms with Gasteiger partial charge < -0.3 is 20.3 Å². The van der Waals surface area contributed by atoms with E-state index in [1.807, 2.05) is 0 Å². The van der Waals surface area contributed by atoms with Crippen LogP contribution in [0.2, 0.25) is 0 Å². The second kappa shape index (κ2) is 11.7. The van der Waals surface area contributed by atoms with Gasteiger partial charge in [-0.25, -0.2) is 0 Å². The lowest BCUT2D eigenvalue weighted by Crippen LogP contribution is -2.46. The third-order valence-corrected chi connectivity index (χ3v) is 6.44. The second-order valence-corrected chi connectivity index (χ2v) is 8.77. The highest BCUT2D eigenvalue weighted by molar-refractivity contribution is 5.81. The summed E-state index contributed by atoms with van der Waals surface area (Å²) in [5.74, 6) is 1.53. The lowest BCUT2D eigenvalue weighted by atomic mass is 9.88. The summed E-state index contributed by atoms with van der Waals surface area (Å²) in [4.78, 5) is 22.2. The number of carbonyl (C=O) groups excluding carboxylic acids is 1. The lowest BCUT2D eigenvalue weighted by Gasteiger charge is -2.26. The van der Waals surface area contributed by atoms with Gasteiger partial charge in [0.2, 0.25) is 5.91 Å². The van der Waals surface area contributed by atoms with Gasteiger partial charge in [0.05, 0.1) is 13.2 Å². The van der Waals surface area contributed by atoms with Crippen molar-refractivity contribution >= 4 is 11.9 Å². The summed E-state index contributed by atoms with van der Waals surface area (Å²) in [6.07, 6.45) is 9.50. The molecule has 1 aliphatic heterocycles. The number of methoxy groups -OCH3 is 1. The number of hydrogen-bond acceptors (Lipinski definition) is 4. The van der Waals surface area contributed by atoms with E-state index in [1.165, 1.54) is 32.1 Å². The molecule has 7 heteroatoms. The summed E-state index contributed by atoms with van der Waals surface area (Å²) in [5, 5.41) is 6.94. The smallest absolute Gasteiger partial charge is 0.225 e. The Bertz CT molecular complexity index is 531. The van der Waals surface area contributed by atoms with Crippen molar-refractivity contribution in [2.24, 2.45) is 10.9 Å². The summed E-state index contributed by atoms with van der Waals surface area (Å²) in [5.41, 5.74) is 0. The fraction of sp³-hybridized carbons (Fsp3) is 0.909. The molecule has 2 aliphatic carbocycles. The molecular formula is C22H41N5O2. The number of nitrogens with zero attached hydrogens (tertiary/aromatic N) is 3. The number of aliphatic imine (C=N–C) groups is 1. The fourth-order valence-electron chi connectivity index (χ4n) is 4.61. The highest BCUT2D eigenvalue weighted by Crippen LogP contribution is 2.27. The molecule has 1 atom stereocenters. The van der Waals surface area contributed by atoms with Crippen LogP contribution in [0.5, 0.6) is 0 Å². The van der Waals surface area contributed by atoms with Crippen LogP contribution >= 0.6 is 0 Å². The van der Waals surface area contributed by atoms with Gasteiger partial charge in [-0.2, -0.15) is 0 Å². The topological polar surface area (TPSA) is 69.2 Å². The second-order valence-electron chi connectivity index (χ2n) is 8.77. The minimum atomic E-state index is 0.268. The first-order chi connectivity index (χ1) is 14.2. The number of carbonyl (C=O) groups is 1. The molecular weight excluding hydrogens is 366 g/mol. The zero-order chi connectivity index (χ0) is 20.5. The zero-order valence-corrected chi connectivity index (χ0v) is 18.5. The van der Waals surface area contributed by atoms with Gasteiger partial charge in [0.1, 0.15) is 0 Å². The Morgan fingerprint density at radius 1 is 1.14 bits per heavy atom. The number of nitrogens with one attached hydrogen (secondary N) is 2. The highest BCUT2D eigenvalue weighted by atomic mass is 16.5. The SMILES string of the molecule is CCNC(=NCCN(CCOC)C1CC1)NC1CCN(C(=O)C2CCCCC2)C1. The van der Waals surface area contributed by atoms with Crippen LogP contribution < -0.4 is 10.6 Å². The molecule has 166 valence electrons. The summed E-state index contributed by atoms with van der Waals surface area (Å²) in [6.45, 7) is 8.15. The molecule has 0 aromatic rings. The summed E-state index contributed by atoms with van der Waals surface area (Å²) in [7, 11) is 1.76. The molecule has 3 aliphatic rings. The molecule has 3 rings (SSSR count). The minimum Gasteiger partial charge on any atom is -0.383 e. The van der Waals surface area contributed by atoms with Crippen LogP contribution in [-0.2, 0) is 9.53 Å². The maximum atomic E-state index is 12.8. The molecule has 7 nitrogen and oxygen atoms in total. The molecule has 0 bridgehead atoms. The molecule has 0 aromatic carbocycles. The summed E-state index contributed by atoms with van der Waals surface area (Å²) in [6, 6.07) is 1.03. The third kappa shape index (κ3) is 7.14. The number of amides is 1. The largest absolute Gasteiger partial charge is 0.383 e. The van der Waals surface area contributed by atoms with Crippen molar-refractivity contribution in [3.05, 3.63) is 0 Å². The molecule has 1 heterocycles. The molecule has 29 heavy (non-hydrogen) atoms. The van der Waals surface area contributed by atoms with Crippen LogP contribution in [0.15, 0.2) is 4.99 Å². The first-order valence-electron chi connectivity index (χ1n) is 11.8. The quantitative estimate of drug-likeness (QED) is 0.427. The van der Waals surface area contributed by atoms with E-state index in [1.54, 1.807) is 7.11 Å². The standard InChI is InChI=1S/C22H41N5O2/c1-3-23-22(24-12-14-26(15-16-29-2)20-9-10-20)25-19-11-13-27(17-19)21(28)18-7-5-4-6-8-18/h18-20H,3-17H2,1-2H3,(H2,23,24,25). The van der Waals surface area contributed by atoms with Crippen LogP contribution in [0.4, 0.5) is 0 Å². The van der Waals surface area contributed by atoms with Crippen molar-refractivity contribution in [2.45, 2.75) is 70.4 Å². The van der Waals surface area contributed by atoms with Crippen LogP contribution in [0, 0.1) is 5.92 Å². The molecule has 0 aromatic heterocycles. The van der Waals surface area contributed by atoms with Gasteiger partial charge in [-0.3, -0.25) is 14.7 Å². The molecule has 1 saturated heterocycles. The Labute approximate surface area is 176 Å². The Morgan fingerprint density at radius 3 is 2.62 bits per heavy atom. The lowest BCUT2D eigenvalue weighted by molar-refractivity contribution is -0.135. The molecule has 2 saturated carbocycles. The maximum absolute atomic E-state index is 12.8. The Balaban J connectivity index is 1.44. The van der Waals surface area contributed by atoms with Gasteiger partial charge in [-0.1, -0.05) is 19.3 Å². The van der Waals surface area contributed by atoms with Crippen molar-refractivity contribution in [2.75, 3.05) is 53.0 Å². The van der Waals surface area contributed by atoms with E-state index in [0.29, 0.717) is 11.9 Å². The van der Waals surface area contributed by atoms with Crippen molar-refractivity contribution in [3.63, 3.8) is 0 Å². The average molecular weight is 408 g/mol. The molecule has 0 spiro atoms. The summed E-state index contributed by atoms with van der Waals surface area (Å²) < 4.78 is 5.24. The number of guanidine groups is 1. The van der Waals surface area contributed by atoms with Gasteiger partial charge in [0.25, 0.3) is 0 Å². The van der Waals surface area contributed by atoms with E-state index < -0.39 is 0 Å². The van der Waals surface area contributed by atoms with E-state index >= 15 is 0 Å². The fourth-order valence-corrected chi connectivity index (χ4v) is 4.61. The van der Waals surface area contributed by atoms with Crippen molar-refractivity contribution in [3.8, 4) is 0 Å². The third-order valence-electron chi connectivity index (χ3n) is 6.44. The molecule has 2 N–H and O–H groups in total. The Morgan fingerprint density at radius 2 is 1.93 bits per heavy atom.